The first kappa shape index (κ1) is 27.3. The first-order chi connectivity index (χ1) is 19.4. The van der Waals surface area contributed by atoms with E-state index in [2.05, 4.69) is 30.6 Å². The van der Waals surface area contributed by atoms with Crippen LogP contribution in [0.4, 0.5) is 30.5 Å². The fourth-order valence-corrected chi connectivity index (χ4v) is 4.63. The third-order valence-electron chi connectivity index (χ3n) is 6.61. The average Bonchev–Trinajstić information content (AvgIpc) is 3.58. The van der Waals surface area contributed by atoms with Gasteiger partial charge < -0.3 is 20.5 Å². The number of nitrogens with zero attached hydrogens (tertiary/aromatic N) is 5. The molecule has 4 aromatic rings. The van der Waals surface area contributed by atoms with E-state index in [9.17, 15) is 23.1 Å². The van der Waals surface area contributed by atoms with E-state index >= 15 is 0 Å². The van der Waals surface area contributed by atoms with Gasteiger partial charge in [0, 0.05) is 36.4 Å². The van der Waals surface area contributed by atoms with Crippen molar-refractivity contribution in [1.29, 1.82) is 0 Å². The summed E-state index contributed by atoms with van der Waals surface area (Å²) < 4.78 is 48.7. The Morgan fingerprint density at radius 2 is 2.05 bits per heavy atom. The zero-order valence-corrected chi connectivity index (χ0v) is 21.5. The highest BCUT2D eigenvalue weighted by atomic mass is 19.2. The number of fused-ring (bicyclic) bond motifs is 1. The maximum absolute atomic E-state index is 14.6. The number of carbonyl (C=O) groups is 1. The van der Waals surface area contributed by atoms with Crippen LogP contribution < -0.4 is 15.4 Å². The van der Waals surface area contributed by atoms with Crippen molar-refractivity contribution in [3.05, 3.63) is 66.4 Å². The number of carbonyl (C=O) groups excluding carboxylic acids is 1. The molecule has 1 fully saturated rings. The minimum absolute atomic E-state index is 0.0887. The van der Waals surface area contributed by atoms with Gasteiger partial charge in [0.25, 0.3) is 0 Å². The van der Waals surface area contributed by atoms with Crippen molar-refractivity contribution in [2.45, 2.75) is 31.8 Å². The first-order valence-electron chi connectivity index (χ1n) is 12.9. The fraction of sp³-hybridized carbons (Fsp3) is 0.333. The summed E-state index contributed by atoms with van der Waals surface area (Å²) in [5.41, 5.74) is 0.685. The Kier molecular flexibility index (Phi) is 8.41. The third-order valence-corrected chi connectivity index (χ3v) is 6.61. The lowest BCUT2D eigenvalue weighted by atomic mass is 10.2. The molecule has 1 aliphatic rings. The van der Waals surface area contributed by atoms with Crippen LogP contribution in [0, 0.1) is 17.5 Å². The molecule has 5 rings (SSSR count). The number of amides is 1. The van der Waals surface area contributed by atoms with E-state index in [1.54, 1.807) is 0 Å². The van der Waals surface area contributed by atoms with Crippen molar-refractivity contribution < 1.29 is 27.8 Å². The maximum atomic E-state index is 14.6. The summed E-state index contributed by atoms with van der Waals surface area (Å²) in [5, 5.41) is 19.3. The van der Waals surface area contributed by atoms with Crippen molar-refractivity contribution in [1.82, 2.24) is 24.6 Å². The Balaban J connectivity index is 1.18. The zero-order chi connectivity index (χ0) is 28.1. The Morgan fingerprint density at radius 1 is 1.18 bits per heavy atom. The van der Waals surface area contributed by atoms with Gasteiger partial charge in [-0.3, -0.25) is 14.4 Å². The SMILES string of the molecule is O=C(Cn1cc(Nc2ncc3cc(F)c(OCCCN4CCC[C@@H]4CO)cc3n2)cn1)Nc1cccc(F)c1F. The number of aliphatic hydroxyl groups excluding tert-OH is 1. The molecule has 0 radical (unpaired) electrons. The number of hydrogen-bond donors (Lipinski definition) is 3. The van der Waals surface area contributed by atoms with Gasteiger partial charge in [0.15, 0.2) is 23.2 Å². The highest BCUT2D eigenvalue weighted by Gasteiger charge is 2.23. The molecule has 1 saturated heterocycles. The van der Waals surface area contributed by atoms with Gasteiger partial charge in [-0.1, -0.05) is 6.07 Å². The summed E-state index contributed by atoms with van der Waals surface area (Å²) in [4.78, 5) is 23.1. The second-order valence-electron chi connectivity index (χ2n) is 9.45. The van der Waals surface area contributed by atoms with Crippen molar-refractivity contribution in [2.24, 2.45) is 0 Å². The number of hydrogen-bond acceptors (Lipinski definition) is 8. The number of likely N-dealkylation sites (tertiary alicyclic amines) is 1. The van der Waals surface area contributed by atoms with Crippen molar-refractivity contribution in [2.75, 3.05) is 36.9 Å². The summed E-state index contributed by atoms with van der Waals surface area (Å²) in [7, 11) is 0. The average molecular weight is 556 g/mol. The number of ether oxygens (including phenoxy) is 1. The molecule has 210 valence electrons. The van der Waals surface area contributed by atoms with Gasteiger partial charge >= 0.3 is 0 Å². The van der Waals surface area contributed by atoms with Gasteiger partial charge in [0.1, 0.15) is 6.54 Å². The van der Waals surface area contributed by atoms with E-state index < -0.39 is 23.4 Å². The Morgan fingerprint density at radius 3 is 2.90 bits per heavy atom. The normalized spacial score (nSPS) is 15.4. The van der Waals surface area contributed by atoms with Crippen LogP contribution in [0.3, 0.4) is 0 Å². The first-order valence-corrected chi connectivity index (χ1v) is 12.9. The fourth-order valence-electron chi connectivity index (χ4n) is 4.63. The molecule has 10 nitrogen and oxygen atoms in total. The molecule has 0 bridgehead atoms. The molecule has 13 heteroatoms. The van der Waals surface area contributed by atoms with Crippen LogP contribution in [0.25, 0.3) is 10.9 Å². The second-order valence-corrected chi connectivity index (χ2v) is 9.45. The van der Waals surface area contributed by atoms with Crippen LogP contribution in [0.15, 0.2) is 48.9 Å². The second kappa shape index (κ2) is 12.3. The highest BCUT2D eigenvalue weighted by molar-refractivity contribution is 5.90. The maximum Gasteiger partial charge on any atom is 0.246 e. The number of aliphatic hydroxyl groups is 1. The molecule has 0 saturated carbocycles. The Hall–Kier alpha value is -4.23. The van der Waals surface area contributed by atoms with Crippen LogP contribution in [0.5, 0.6) is 5.75 Å². The lowest BCUT2D eigenvalue weighted by molar-refractivity contribution is -0.116. The lowest BCUT2D eigenvalue weighted by Crippen LogP contribution is -2.33. The molecule has 40 heavy (non-hydrogen) atoms. The molecule has 3 heterocycles. The predicted octanol–water partition coefficient (Wildman–Crippen LogP) is 3.85. The number of aromatic nitrogens is 4. The number of halogens is 3. The molecular weight excluding hydrogens is 527 g/mol. The summed E-state index contributed by atoms with van der Waals surface area (Å²) in [6.45, 7) is 1.95. The van der Waals surface area contributed by atoms with Crippen LogP contribution in [-0.2, 0) is 11.3 Å². The van der Waals surface area contributed by atoms with Crippen LogP contribution in [0.1, 0.15) is 19.3 Å². The molecular formula is C27H28F3N7O3. The van der Waals surface area contributed by atoms with Gasteiger partial charge in [-0.05, 0) is 44.0 Å². The zero-order valence-electron chi connectivity index (χ0n) is 21.5. The van der Waals surface area contributed by atoms with Crippen LogP contribution in [0.2, 0.25) is 0 Å². The number of anilines is 3. The van der Waals surface area contributed by atoms with Crippen LogP contribution >= 0.6 is 0 Å². The molecule has 3 N–H and O–H groups in total. The van der Waals surface area contributed by atoms with Gasteiger partial charge in [0.05, 0.1) is 36.3 Å². The van der Waals surface area contributed by atoms with Crippen molar-refractivity contribution in [3.63, 3.8) is 0 Å². The molecule has 0 aliphatic carbocycles. The largest absolute Gasteiger partial charge is 0.490 e. The van der Waals surface area contributed by atoms with Gasteiger partial charge in [-0.2, -0.15) is 5.10 Å². The van der Waals surface area contributed by atoms with E-state index in [-0.39, 0.29) is 36.6 Å². The van der Waals surface area contributed by atoms with E-state index in [1.165, 1.54) is 47.5 Å². The monoisotopic (exact) mass is 555 g/mol. The molecule has 1 aliphatic heterocycles. The third kappa shape index (κ3) is 6.49. The predicted molar refractivity (Wildman–Crippen MR) is 142 cm³/mol. The van der Waals surface area contributed by atoms with E-state index in [0.717, 1.165) is 32.0 Å². The quantitative estimate of drug-likeness (QED) is 0.239. The standard InChI is InChI=1S/C27H28F3N7O3/c28-20-5-1-6-22(26(20)30)34-25(39)15-37-14-18(13-32-37)33-27-31-12-17-10-21(29)24(11-23(17)35-27)40-9-3-8-36-7-2-4-19(36)16-38/h1,5-6,10-14,19,38H,2-4,7-9,15-16H2,(H,34,39)(H,31,33,35)/t19-/m1/s1. The molecule has 0 unspecified atom stereocenters. The topological polar surface area (TPSA) is 117 Å². The van der Waals surface area contributed by atoms with E-state index in [4.69, 9.17) is 4.74 Å². The number of nitrogens with one attached hydrogen (secondary N) is 2. The highest BCUT2D eigenvalue weighted by Crippen LogP contribution is 2.25. The summed E-state index contributed by atoms with van der Waals surface area (Å²) >= 11 is 0. The Bertz CT molecular complexity index is 1500. The summed E-state index contributed by atoms with van der Waals surface area (Å²) in [6.07, 6.45) is 7.20. The lowest BCUT2D eigenvalue weighted by Gasteiger charge is -2.22. The Labute approximate surface area is 227 Å². The van der Waals surface area contributed by atoms with E-state index in [0.29, 0.717) is 29.6 Å². The number of benzene rings is 2. The number of rotatable bonds is 11. The van der Waals surface area contributed by atoms with Crippen LogP contribution in [-0.4, -0.2) is 68.0 Å². The summed E-state index contributed by atoms with van der Waals surface area (Å²) in [5.74, 6) is -2.99. The van der Waals surface area contributed by atoms with Crippen molar-refractivity contribution >= 4 is 34.1 Å². The smallest absolute Gasteiger partial charge is 0.246 e. The molecule has 0 spiro atoms. The molecule has 1 amide bonds. The minimum Gasteiger partial charge on any atom is -0.490 e. The molecule has 2 aromatic carbocycles. The molecule has 2 aromatic heterocycles. The van der Waals surface area contributed by atoms with Gasteiger partial charge in [-0.15, -0.1) is 0 Å². The van der Waals surface area contributed by atoms with E-state index in [1.807, 2.05) is 0 Å². The van der Waals surface area contributed by atoms with Crippen molar-refractivity contribution in [3.8, 4) is 5.75 Å². The minimum atomic E-state index is -1.14. The molecule has 1 atom stereocenters. The van der Waals surface area contributed by atoms with Gasteiger partial charge in [-0.25, -0.2) is 23.1 Å². The summed E-state index contributed by atoms with van der Waals surface area (Å²) in [6, 6.07) is 6.53. The van der Waals surface area contributed by atoms with Gasteiger partial charge in [0.2, 0.25) is 11.9 Å².